The third kappa shape index (κ3) is 3.62. The minimum absolute atomic E-state index is 0.158. The van der Waals surface area contributed by atoms with Gasteiger partial charge in [0.15, 0.2) is 0 Å². The highest BCUT2D eigenvalue weighted by Gasteiger charge is 2.63. The van der Waals surface area contributed by atoms with E-state index in [0.717, 1.165) is 0 Å². The topological polar surface area (TPSA) is 120 Å². The Hall–Kier alpha value is -2.84. The molecule has 0 bridgehead atoms. The number of carbonyl (C=O) groups is 2. The van der Waals surface area contributed by atoms with Crippen molar-refractivity contribution in [1.29, 1.82) is 0 Å². The maximum absolute atomic E-state index is 11.9. The highest BCUT2D eigenvalue weighted by Crippen LogP contribution is 2.21. The zero-order valence-corrected chi connectivity index (χ0v) is 12.1. The molecule has 0 atom stereocenters. The molecule has 9 heteroatoms. The molecule has 1 rings (SSSR count). The van der Waals surface area contributed by atoms with Crippen molar-refractivity contribution in [2.45, 2.75) is 19.5 Å². The van der Waals surface area contributed by atoms with Gasteiger partial charge in [-0.15, -0.1) is 5.11 Å². The molecule has 0 radical (unpaired) electrons. The lowest BCUT2D eigenvalue weighted by molar-refractivity contribution is -0.541. The van der Waals surface area contributed by atoms with Crippen LogP contribution < -0.4 is 0 Å². The Morgan fingerprint density at radius 3 is 2.05 bits per heavy atom. The quantitative estimate of drug-likeness (QED) is 0.249. The van der Waals surface area contributed by atoms with Gasteiger partial charge in [0.25, 0.3) is 0 Å². The van der Waals surface area contributed by atoms with E-state index in [-0.39, 0.29) is 18.9 Å². The van der Waals surface area contributed by atoms with Gasteiger partial charge in [-0.2, -0.15) is 0 Å². The number of hydrogen-bond donors (Lipinski definition) is 0. The smallest absolute Gasteiger partial charge is 0.459 e. The molecule has 9 nitrogen and oxygen atoms in total. The van der Waals surface area contributed by atoms with E-state index in [1.165, 1.54) is 26.0 Å². The first-order valence-corrected chi connectivity index (χ1v) is 6.45. The molecule has 0 saturated carbocycles. The molecule has 0 aromatic heterocycles. The van der Waals surface area contributed by atoms with Crippen LogP contribution >= 0.6 is 0 Å². The molecule has 22 heavy (non-hydrogen) atoms. The number of esters is 2. The van der Waals surface area contributed by atoms with E-state index in [2.05, 4.69) is 19.7 Å². The first kappa shape index (κ1) is 17.2. The van der Waals surface area contributed by atoms with E-state index in [0.29, 0.717) is 0 Å². The summed E-state index contributed by atoms with van der Waals surface area (Å²) < 4.78 is 9.18. The summed E-state index contributed by atoms with van der Waals surface area (Å²) in [6, 6.07) is 7.96. The summed E-state index contributed by atoms with van der Waals surface area (Å²) in [5, 5.41) is 18.3. The minimum Gasteiger partial charge on any atom is -0.459 e. The molecule has 0 aliphatic heterocycles. The summed E-state index contributed by atoms with van der Waals surface area (Å²) in [7, 11) is 0. The molecule has 0 heterocycles. The van der Waals surface area contributed by atoms with Gasteiger partial charge in [-0.1, -0.05) is 23.3 Å². The van der Waals surface area contributed by atoms with Gasteiger partial charge in [-0.3, -0.25) is 10.1 Å². The van der Waals surface area contributed by atoms with Crippen LogP contribution in [0.2, 0.25) is 0 Å². The molecule has 1 aromatic rings. The van der Waals surface area contributed by atoms with E-state index < -0.39 is 22.5 Å². The lowest BCUT2D eigenvalue weighted by Crippen LogP contribution is -2.53. The van der Waals surface area contributed by atoms with Crippen molar-refractivity contribution in [3.63, 3.8) is 0 Å². The first-order valence-electron chi connectivity index (χ1n) is 6.45. The van der Waals surface area contributed by atoms with E-state index in [1.807, 2.05) is 0 Å². The van der Waals surface area contributed by atoms with Gasteiger partial charge in [0, 0.05) is 0 Å². The van der Waals surface area contributed by atoms with E-state index in [9.17, 15) is 19.7 Å². The number of nitro groups is 1. The van der Waals surface area contributed by atoms with Crippen LogP contribution in [0.5, 0.6) is 0 Å². The van der Waals surface area contributed by atoms with Crippen LogP contribution in [-0.2, 0) is 19.1 Å². The number of carbonyl (C=O) groups excluding carboxylic acids is 2. The second-order valence-corrected chi connectivity index (χ2v) is 3.91. The van der Waals surface area contributed by atoms with Gasteiger partial charge >= 0.3 is 17.6 Å². The Bertz CT molecular complexity index is 554. The van der Waals surface area contributed by atoms with Crippen LogP contribution in [0.4, 0.5) is 5.69 Å². The van der Waals surface area contributed by atoms with Gasteiger partial charge in [0.2, 0.25) is 0 Å². The monoisotopic (exact) mass is 309 g/mol. The molecule has 0 aliphatic rings. The highest BCUT2D eigenvalue weighted by atomic mass is 16.7. The second kappa shape index (κ2) is 7.81. The van der Waals surface area contributed by atoms with Crippen molar-refractivity contribution < 1.29 is 24.0 Å². The van der Waals surface area contributed by atoms with Crippen LogP contribution in [0.15, 0.2) is 40.6 Å². The maximum atomic E-state index is 11.9. The third-order valence-electron chi connectivity index (χ3n) is 2.45. The summed E-state index contributed by atoms with van der Waals surface area (Å²) in [5.74, 6) is -2.89. The predicted octanol–water partition coefficient (Wildman–Crippen LogP) is 1.87. The average Bonchev–Trinajstić information content (AvgIpc) is 2.49. The Morgan fingerprint density at radius 2 is 1.64 bits per heavy atom. The second-order valence-electron chi connectivity index (χ2n) is 3.91. The van der Waals surface area contributed by atoms with Gasteiger partial charge in [0.05, 0.1) is 23.8 Å². The Morgan fingerprint density at radius 1 is 1.14 bits per heavy atom. The fraction of sp³-hybridized carbons (Fsp3) is 0.385. The lowest BCUT2D eigenvalue weighted by Gasteiger charge is -2.15. The van der Waals surface area contributed by atoms with Crippen LogP contribution in [0.1, 0.15) is 13.8 Å². The highest BCUT2D eigenvalue weighted by molar-refractivity contribution is 6.02. The fourth-order valence-corrected chi connectivity index (χ4v) is 1.44. The van der Waals surface area contributed by atoms with Crippen LogP contribution in [-0.4, -0.2) is 35.7 Å². The van der Waals surface area contributed by atoms with Crippen LogP contribution in [0, 0.1) is 10.1 Å². The number of hydrogen-bond acceptors (Lipinski definition) is 8. The van der Waals surface area contributed by atoms with Gasteiger partial charge in [-0.25, -0.2) is 9.59 Å². The third-order valence-corrected chi connectivity index (χ3v) is 2.45. The van der Waals surface area contributed by atoms with Crippen molar-refractivity contribution in [3.8, 4) is 0 Å². The summed E-state index contributed by atoms with van der Waals surface area (Å²) in [4.78, 5) is 34.0. The molecule has 0 amide bonds. The normalized spacial score (nSPS) is 11.2. The number of azo groups is 1. The molecule has 0 unspecified atom stereocenters. The number of ether oxygens (including phenoxy) is 2. The predicted molar refractivity (Wildman–Crippen MR) is 73.9 cm³/mol. The molecule has 0 N–H and O–H groups in total. The van der Waals surface area contributed by atoms with Crippen molar-refractivity contribution >= 4 is 17.6 Å². The maximum Gasteiger partial charge on any atom is 0.521 e. The van der Waals surface area contributed by atoms with Crippen molar-refractivity contribution in [1.82, 2.24) is 0 Å². The largest absolute Gasteiger partial charge is 0.521 e. The molecule has 118 valence electrons. The molecule has 0 spiro atoms. The summed E-state index contributed by atoms with van der Waals surface area (Å²) in [6.07, 6.45) is 0. The lowest BCUT2D eigenvalue weighted by atomic mass is 10.2. The summed E-state index contributed by atoms with van der Waals surface area (Å²) >= 11 is 0. The van der Waals surface area contributed by atoms with Crippen molar-refractivity contribution in [2.24, 2.45) is 10.2 Å². The first-order chi connectivity index (χ1) is 10.5. The van der Waals surface area contributed by atoms with Crippen LogP contribution in [0.3, 0.4) is 0 Å². The Kier molecular flexibility index (Phi) is 6.11. The fourth-order valence-electron chi connectivity index (χ4n) is 1.44. The van der Waals surface area contributed by atoms with Crippen molar-refractivity contribution in [2.75, 3.05) is 13.2 Å². The minimum atomic E-state index is -3.07. The molecular formula is C13H15N3O6. The Balaban J connectivity index is 3.29. The van der Waals surface area contributed by atoms with Crippen LogP contribution in [0.25, 0.3) is 0 Å². The average molecular weight is 309 g/mol. The molecule has 1 aromatic carbocycles. The number of nitrogens with zero attached hydrogens (tertiary/aromatic N) is 3. The number of rotatable bonds is 7. The SMILES string of the molecule is CCOC(=O)C(N=Nc1ccccc1)(C(=O)OCC)[N+](=O)[O-]. The standard InChI is InChI=1S/C13H15N3O6/c1-3-21-11(17)13(16(19)20,12(18)22-4-2)15-14-10-8-6-5-7-9-10/h5-9H,3-4H2,1-2H3. The van der Waals surface area contributed by atoms with Gasteiger partial charge in [0.1, 0.15) is 0 Å². The molecule has 0 saturated heterocycles. The molecule has 0 fully saturated rings. The zero-order chi connectivity index (χ0) is 16.6. The molecule has 0 aliphatic carbocycles. The zero-order valence-electron chi connectivity index (χ0n) is 12.1. The van der Waals surface area contributed by atoms with Gasteiger partial charge < -0.3 is 9.47 Å². The van der Waals surface area contributed by atoms with Crippen molar-refractivity contribution in [3.05, 3.63) is 40.4 Å². The van der Waals surface area contributed by atoms with E-state index >= 15 is 0 Å². The van der Waals surface area contributed by atoms with E-state index in [1.54, 1.807) is 18.2 Å². The molecular weight excluding hydrogens is 294 g/mol. The summed E-state index contributed by atoms with van der Waals surface area (Å²) in [6.45, 7) is 2.58. The van der Waals surface area contributed by atoms with E-state index in [4.69, 9.17) is 0 Å². The number of benzene rings is 1. The Labute approximate surface area is 126 Å². The van der Waals surface area contributed by atoms with Gasteiger partial charge in [-0.05, 0) is 26.0 Å². The summed E-state index contributed by atoms with van der Waals surface area (Å²) in [5.41, 5.74) is -2.83.